The van der Waals surface area contributed by atoms with Crippen LogP contribution in [0.3, 0.4) is 0 Å². The van der Waals surface area contributed by atoms with Gasteiger partial charge in [0.1, 0.15) is 0 Å². The summed E-state index contributed by atoms with van der Waals surface area (Å²) >= 11 is 0. The number of aliphatic hydroxyl groups is 1. The molecule has 2 nitrogen and oxygen atoms in total. The van der Waals surface area contributed by atoms with Crippen molar-refractivity contribution in [2.24, 2.45) is 0 Å². The summed E-state index contributed by atoms with van der Waals surface area (Å²) in [5, 5.41) is 12.6. The van der Waals surface area contributed by atoms with Crippen LogP contribution in [0.25, 0.3) is 0 Å². The Balaban J connectivity index is 2.93. The van der Waals surface area contributed by atoms with Crippen molar-refractivity contribution in [1.82, 2.24) is 0 Å². The second-order valence-electron chi connectivity index (χ2n) is 6.76. The fraction of sp³-hybridized carbons (Fsp3) is 0.625. The van der Waals surface area contributed by atoms with Gasteiger partial charge >= 0.3 is 0 Å². The van der Waals surface area contributed by atoms with Gasteiger partial charge in [-0.25, -0.2) is 0 Å². The number of hydrogen-bond acceptors (Lipinski definition) is 2. The fourth-order valence-corrected chi connectivity index (χ4v) is 1.98. The van der Waals surface area contributed by atoms with Gasteiger partial charge in [0.05, 0.1) is 0 Å². The molecular formula is C16H27NO. The molecule has 0 aliphatic heterocycles. The minimum Gasteiger partial charge on any atom is -0.396 e. The lowest BCUT2D eigenvalue weighted by atomic mass is 9.86. The average molecular weight is 249 g/mol. The zero-order chi connectivity index (χ0) is 14.0. The molecule has 0 aliphatic rings. The smallest absolute Gasteiger partial charge is 0.0453 e. The lowest BCUT2D eigenvalue weighted by Gasteiger charge is -2.29. The number of hydrogen-bond donors (Lipinski definition) is 2. The number of nitrogens with one attached hydrogen (secondary N) is 1. The van der Waals surface area contributed by atoms with Gasteiger partial charge in [-0.3, -0.25) is 0 Å². The second-order valence-corrected chi connectivity index (χ2v) is 6.76. The molecule has 0 atom stereocenters. The van der Waals surface area contributed by atoms with Gasteiger partial charge in [-0.2, -0.15) is 0 Å². The fourth-order valence-electron chi connectivity index (χ4n) is 1.98. The van der Waals surface area contributed by atoms with Gasteiger partial charge in [-0.15, -0.1) is 0 Å². The lowest BCUT2D eigenvalue weighted by molar-refractivity contribution is 0.261. The Kier molecular flexibility index (Phi) is 4.44. The first kappa shape index (κ1) is 15.0. The number of anilines is 1. The summed E-state index contributed by atoms with van der Waals surface area (Å²) in [4.78, 5) is 0. The summed E-state index contributed by atoms with van der Waals surface area (Å²) in [7, 11) is 0. The molecule has 0 amide bonds. The van der Waals surface area contributed by atoms with E-state index < -0.39 is 0 Å². The summed E-state index contributed by atoms with van der Waals surface area (Å²) in [5.74, 6) is 0. The number of benzene rings is 1. The summed E-state index contributed by atoms with van der Waals surface area (Å²) in [5.41, 5.74) is 3.87. The quantitative estimate of drug-likeness (QED) is 0.849. The highest BCUT2D eigenvalue weighted by Crippen LogP contribution is 2.28. The minimum atomic E-state index is -0.0806. The van der Waals surface area contributed by atoms with Gasteiger partial charge in [-0.05, 0) is 49.8 Å². The van der Waals surface area contributed by atoms with Crippen LogP contribution in [-0.2, 0) is 5.41 Å². The van der Waals surface area contributed by atoms with Crippen molar-refractivity contribution in [3.05, 3.63) is 29.3 Å². The van der Waals surface area contributed by atoms with Crippen molar-refractivity contribution >= 4 is 5.69 Å². The molecular weight excluding hydrogens is 222 g/mol. The average Bonchev–Trinajstić information content (AvgIpc) is 2.19. The van der Waals surface area contributed by atoms with Crippen molar-refractivity contribution in [3.8, 4) is 0 Å². The Morgan fingerprint density at radius 2 is 1.72 bits per heavy atom. The van der Waals surface area contributed by atoms with Gasteiger partial charge in [0.25, 0.3) is 0 Å². The van der Waals surface area contributed by atoms with Crippen molar-refractivity contribution in [2.45, 2.75) is 58.9 Å². The van der Waals surface area contributed by atoms with Crippen LogP contribution >= 0.6 is 0 Å². The second kappa shape index (κ2) is 5.31. The third kappa shape index (κ3) is 4.02. The van der Waals surface area contributed by atoms with E-state index in [2.05, 4.69) is 65.1 Å². The molecule has 1 rings (SSSR count). The van der Waals surface area contributed by atoms with Crippen LogP contribution in [0.5, 0.6) is 0 Å². The number of rotatable bonds is 4. The van der Waals surface area contributed by atoms with E-state index in [1.165, 1.54) is 11.1 Å². The highest BCUT2D eigenvalue weighted by molar-refractivity contribution is 5.54. The molecule has 0 bridgehead atoms. The molecule has 0 spiro atoms. The van der Waals surface area contributed by atoms with Crippen LogP contribution in [0.1, 0.15) is 52.2 Å². The molecule has 0 radical (unpaired) electrons. The Hall–Kier alpha value is -1.02. The van der Waals surface area contributed by atoms with E-state index in [-0.39, 0.29) is 17.6 Å². The normalized spacial score (nSPS) is 12.6. The van der Waals surface area contributed by atoms with Crippen molar-refractivity contribution < 1.29 is 5.11 Å². The molecule has 2 heteroatoms. The summed E-state index contributed by atoms with van der Waals surface area (Å²) in [6.07, 6.45) is 0.744. The van der Waals surface area contributed by atoms with E-state index >= 15 is 0 Å². The molecule has 102 valence electrons. The van der Waals surface area contributed by atoms with E-state index in [1.54, 1.807) is 0 Å². The van der Waals surface area contributed by atoms with E-state index in [4.69, 9.17) is 5.11 Å². The molecule has 18 heavy (non-hydrogen) atoms. The summed E-state index contributed by atoms with van der Waals surface area (Å²) in [6, 6.07) is 6.58. The largest absolute Gasteiger partial charge is 0.396 e. The molecule has 0 fully saturated rings. The molecule has 0 aromatic heterocycles. The van der Waals surface area contributed by atoms with Crippen molar-refractivity contribution in [2.75, 3.05) is 11.9 Å². The zero-order valence-corrected chi connectivity index (χ0v) is 12.6. The van der Waals surface area contributed by atoms with Crippen LogP contribution in [0.2, 0.25) is 0 Å². The summed E-state index contributed by atoms with van der Waals surface area (Å²) in [6.45, 7) is 13.2. The third-order valence-electron chi connectivity index (χ3n) is 3.30. The highest BCUT2D eigenvalue weighted by Gasteiger charge is 2.19. The molecule has 0 heterocycles. The topological polar surface area (TPSA) is 32.3 Å². The van der Waals surface area contributed by atoms with Crippen LogP contribution in [0.15, 0.2) is 18.2 Å². The zero-order valence-electron chi connectivity index (χ0n) is 12.6. The maximum absolute atomic E-state index is 9.06. The molecule has 1 aromatic carbocycles. The SMILES string of the molecule is Cc1cc(C(C)(C)C)ccc1NC(C)(C)CCO. The van der Waals surface area contributed by atoms with E-state index in [0.29, 0.717) is 0 Å². The van der Waals surface area contributed by atoms with Crippen LogP contribution < -0.4 is 5.32 Å². The highest BCUT2D eigenvalue weighted by atomic mass is 16.3. The predicted octanol–water partition coefficient (Wildman–Crippen LogP) is 3.87. The summed E-state index contributed by atoms with van der Waals surface area (Å²) < 4.78 is 0. The number of aliphatic hydroxyl groups excluding tert-OH is 1. The third-order valence-corrected chi connectivity index (χ3v) is 3.30. The minimum absolute atomic E-state index is 0.0806. The van der Waals surface area contributed by atoms with E-state index in [9.17, 15) is 0 Å². The van der Waals surface area contributed by atoms with Crippen molar-refractivity contribution in [3.63, 3.8) is 0 Å². The predicted molar refractivity (Wildman–Crippen MR) is 79.3 cm³/mol. The Morgan fingerprint density at radius 1 is 1.11 bits per heavy atom. The van der Waals surface area contributed by atoms with Crippen LogP contribution in [-0.4, -0.2) is 17.3 Å². The lowest BCUT2D eigenvalue weighted by Crippen LogP contribution is -2.32. The Morgan fingerprint density at radius 3 is 2.17 bits per heavy atom. The van der Waals surface area contributed by atoms with Gasteiger partial charge in [-0.1, -0.05) is 32.9 Å². The molecule has 0 aliphatic carbocycles. The monoisotopic (exact) mass is 249 g/mol. The first-order chi connectivity index (χ1) is 8.15. The molecule has 0 saturated carbocycles. The Bertz CT molecular complexity index is 402. The van der Waals surface area contributed by atoms with Gasteiger partial charge < -0.3 is 10.4 Å². The van der Waals surface area contributed by atoms with Crippen LogP contribution in [0.4, 0.5) is 5.69 Å². The standard InChI is InChI=1S/C16H27NO/c1-12-11-13(15(2,3)4)7-8-14(12)17-16(5,6)9-10-18/h7-8,11,17-18H,9-10H2,1-6H3. The first-order valence-corrected chi connectivity index (χ1v) is 6.66. The first-order valence-electron chi connectivity index (χ1n) is 6.66. The van der Waals surface area contributed by atoms with Gasteiger partial charge in [0.2, 0.25) is 0 Å². The van der Waals surface area contributed by atoms with Gasteiger partial charge in [0, 0.05) is 17.8 Å². The molecule has 1 aromatic rings. The maximum atomic E-state index is 9.06. The van der Waals surface area contributed by atoms with Crippen LogP contribution in [0, 0.1) is 6.92 Å². The van der Waals surface area contributed by atoms with Gasteiger partial charge in [0.15, 0.2) is 0 Å². The van der Waals surface area contributed by atoms with Crippen molar-refractivity contribution in [1.29, 1.82) is 0 Å². The maximum Gasteiger partial charge on any atom is 0.0453 e. The number of aryl methyl sites for hydroxylation is 1. The molecule has 0 unspecified atom stereocenters. The van der Waals surface area contributed by atoms with E-state index in [1.807, 2.05) is 0 Å². The van der Waals surface area contributed by atoms with E-state index in [0.717, 1.165) is 12.1 Å². The molecule has 2 N–H and O–H groups in total. The molecule has 0 saturated heterocycles. The Labute approximate surface area is 111 Å².